The van der Waals surface area contributed by atoms with Crippen LogP contribution in [0.4, 0.5) is 10.1 Å². The van der Waals surface area contributed by atoms with E-state index in [9.17, 15) is 4.39 Å². The Bertz CT molecular complexity index is 529. The zero-order valence-electron chi connectivity index (χ0n) is 9.01. The number of anilines is 1. The number of thiophene rings is 1. The Balaban J connectivity index is 2.18. The van der Waals surface area contributed by atoms with Gasteiger partial charge in [0.1, 0.15) is 5.82 Å². The second-order valence-electron chi connectivity index (χ2n) is 3.67. The van der Waals surface area contributed by atoms with Crippen molar-refractivity contribution in [1.82, 2.24) is 0 Å². The summed E-state index contributed by atoms with van der Waals surface area (Å²) in [6.45, 7) is 2.01. The minimum atomic E-state index is -0.258. The van der Waals surface area contributed by atoms with E-state index in [-0.39, 0.29) is 11.9 Å². The van der Waals surface area contributed by atoms with Crippen LogP contribution in [0.1, 0.15) is 18.5 Å². The quantitative estimate of drug-likeness (QED) is 0.784. The van der Waals surface area contributed by atoms with Gasteiger partial charge in [-0.3, -0.25) is 0 Å². The highest BCUT2D eigenvalue weighted by Crippen LogP contribution is 2.30. The maximum Gasteiger partial charge on any atom is 0.125 e. The van der Waals surface area contributed by atoms with E-state index in [1.807, 2.05) is 18.4 Å². The van der Waals surface area contributed by atoms with Gasteiger partial charge in [-0.1, -0.05) is 11.6 Å². The molecule has 2 aromatic rings. The highest BCUT2D eigenvalue weighted by Gasteiger charge is 2.10. The number of hydrogen-bond donors (Lipinski definition) is 1. The smallest absolute Gasteiger partial charge is 0.125 e. The highest BCUT2D eigenvalue weighted by atomic mass is 79.9. The van der Waals surface area contributed by atoms with Gasteiger partial charge in [0.2, 0.25) is 0 Å². The molecule has 0 aliphatic rings. The van der Waals surface area contributed by atoms with Crippen LogP contribution in [0.5, 0.6) is 0 Å². The molecule has 0 amide bonds. The lowest BCUT2D eigenvalue weighted by Gasteiger charge is -2.15. The molecule has 90 valence electrons. The minimum Gasteiger partial charge on any atom is -0.377 e. The van der Waals surface area contributed by atoms with Gasteiger partial charge >= 0.3 is 0 Å². The normalized spacial score (nSPS) is 12.5. The molecule has 0 bridgehead atoms. The summed E-state index contributed by atoms with van der Waals surface area (Å²) in [6, 6.07) is 6.56. The first-order valence-electron chi connectivity index (χ1n) is 5.02. The summed E-state index contributed by atoms with van der Waals surface area (Å²) in [5.41, 5.74) is 1.83. The second kappa shape index (κ2) is 5.38. The van der Waals surface area contributed by atoms with Crippen molar-refractivity contribution in [3.8, 4) is 0 Å². The zero-order chi connectivity index (χ0) is 12.4. The van der Waals surface area contributed by atoms with E-state index in [2.05, 4.69) is 21.2 Å². The van der Waals surface area contributed by atoms with Gasteiger partial charge in [-0.15, -0.1) is 11.3 Å². The van der Waals surface area contributed by atoms with Crippen molar-refractivity contribution in [3.63, 3.8) is 0 Å². The molecule has 1 nitrogen and oxygen atoms in total. The lowest BCUT2D eigenvalue weighted by atomic mass is 10.1. The predicted octanol–water partition coefficient (Wildman–Crippen LogP) is 5.48. The van der Waals surface area contributed by atoms with Gasteiger partial charge in [0.25, 0.3) is 0 Å². The van der Waals surface area contributed by atoms with Crippen LogP contribution in [-0.2, 0) is 0 Å². The molecule has 1 heterocycles. The summed E-state index contributed by atoms with van der Waals surface area (Å²) in [6.07, 6.45) is 0. The fraction of sp³-hybridized carbons (Fsp3) is 0.167. The number of halogens is 3. The van der Waals surface area contributed by atoms with Crippen molar-refractivity contribution in [2.24, 2.45) is 0 Å². The molecule has 1 N–H and O–H groups in total. The van der Waals surface area contributed by atoms with E-state index in [4.69, 9.17) is 11.6 Å². The van der Waals surface area contributed by atoms with Gasteiger partial charge in [-0.2, -0.15) is 0 Å². The van der Waals surface area contributed by atoms with Gasteiger partial charge in [0.15, 0.2) is 0 Å². The predicted molar refractivity (Wildman–Crippen MR) is 75.5 cm³/mol. The van der Waals surface area contributed by atoms with Crippen molar-refractivity contribution in [1.29, 1.82) is 0 Å². The van der Waals surface area contributed by atoms with Gasteiger partial charge in [0.05, 0.1) is 10.0 Å². The van der Waals surface area contributed by atoms with E-state index in [0.717, 1.165) is 20.1 Å². The second-order valence-corrected chi connectivity index (χ2v) is 6.07. The molecule has 1 aromatic heterocycles. The molecule has 1 aromatic carbocycles. The Morgan fingerprint density at radius 3 is 2.82 bits per heavy atom. The van der Waals surface area contributed by atoms with Crippen LogP contribution in [0.3, 0.4) is 0 Å². The fourth-order valence-electron chi connectivity index (χ4n) is 1.48. The van der Waals surface area contributed by atoms with E-state index in [1.165, 1.54) is 23.5 Å². The summed E-state index contributed by atoms with van der Waals surface area (Å²) in [5, 5.41) is 5.24. The Kier molecular flexibility index (Phi) is 4.07. The maximum absolute atomic E-state index is 13.1. The summed E-state index contributed by atoms with van der Waals surface area (Å²) >= 11 is 10.8. The molecule has 0 saturated heterocycles. The number of nitrogens with one attached hydrogen (secondary N) is 1. The molecule has 17 heavy (non-hydrogen) atoms. The average molecular weight is 335 g/mol. The van der Waals surface area contributed by atoms with Crippen LogP contribution in [0.2, 0.25) is 4.34 Å². The number of rotatable bonds is 3. The van der Waals surface area contributed by atoms with Crippen LogP contribution < -0.4 is 5.32 Å². The first-order valence-corrected chi connectivity index (χ1v) is 7.07. The molecule has 1 atom stereocenters. The zero-order valence-corrected chi connectivity index (χ0v) is 12.2. The summed E-state index contributed by atoms with van der Waals surface area (Å²) in [4.78, 5) is 0. The molecule has 0 aliphatic carbocycles. The van der Waals surface area contributed by atoms with E-state index in [1.54, 1.807) is 6.07 Å². The van der Waals surface area contributed by atoms with Gasteiger partial charge < -0.3 is 5.32 Å². The lowest BCUT2D eigenvalue weighted by Crippen LogP contribution is -2.06. The molecule has 0 radical (unpaired) electrons. The van der Waals surface area contributed by atoms with Crippen LogP contribution in [-0.4, -0.2) is 0 Å². The molecule has 0 spiro atoms. The molecule has 2 rings (SSSR count). The molecule has 5 heteroatoms. The summed E-state index contributed by atoms with van der Waals surface area (Å²) < 4.78 is 14.7. The third kappa shape index (κ3) is 3.21. The highest BCUT2D eigenvalue weighted by molar-refractivity contribution is 9.10. The SMILES string of the molecule is CC(Nc1cc(F)ccc1Br)c1csc(Cl)c1. The molecule has 0 aliphatic heterocycles. The Labute approximate surface area is 117 Å². The molecular weight excluding hydrogens is 325 g/mol. The topological polar surface area (TPSA) is 12.0 Å². The van der Waals surface area contributed by atoms with Gasteiger partial charge in [-0.05, 0) is 58.1 Å². The molecule has 0 saturated carbocycles. The largest absolute Gasteiger partial charge is 0.377 e. The third-order valence-corrected chi connectivity index (χ3v) is 4.19. The fourth-order valence-corrected chi connectivity index (χ4v) is 2.82. The summed E-state index contributed by atoms with van der Waals surface area (Å²) in [7, 11) is 0. The lowest BCUT2D eigenvalue weighted by molar-refractivity contribution is 0.627. The first kappa shape index (κ1) is 12.9. The maximum atomic E-state index is 13.1. The molecule has 0 fully saturated rings. The average Bonchev–Trinajstić information content (AvgIpc) is 2.70. The standard InChI is InChI=1S/C12H10BrClFNS/c1-7(8-4-12(14)17-6-8)16-11-5-9(15)2-3-10(11)13/h2-7,16H,1H3. The Morgan fingerprint density at radius 2 is 2.18 bits per heavy atom. The van der Waals surface area contributed by atoms with E-state index >= 15 is 0 Å². The Morgan fingerprint density at radius 1 is 1.41 bits per heavy atom. The van der Waals surface area contributed by atoms with Crippen LogP contribution >= 0.6 is 38.9 Å². The van der Waals surface area contributed by atoms with Crippen LogP contribution in [0, 0.1) is 5.82 Å². The van der Waals surface area contributed by atoms with E-state index < -0.39 is 0 Å². The Hall–Kier alpha value is -0.580. The van der Waals surface area contributed by atoms with Crippen molar-refractivity contribution < 1.29 is 4.39 Å². The molecule has 1 unspecified atom stereocenters. The monoisotopic (exact) mass is 333 g/mol. The third-order valence-electron chi connectivity index (χ3n) is 2.39. The van der Waals surface area contributed by atoms with Crippen molar-refractivity contribution in [2.75, 3.05) is 5.32 Å². The first-order chi connectivity index (χ1) is 8.06. The van der Waals surface area contributed by atoms with Crippen LogP contribution in [0.25, 0.3) is 0 Å². The number of benzene rings is 1. The minimum absolute atomic E-state index is 0.0804. The van der Waals surface area contributed by atoms with E-state index in [0.29, 0.717) is 0 Å². The van der Waals surface area contributed by atoms with Gasteiger partial charge in [-0.25, -0.2) is 4.39 Å². The van der Waals surface area contributed by atoms with Gasteiger partial charge in [0, 0.05) is 10.5 Å². The number of hydrogen-bond acceptors (Lipinski definition) is 2. The van der Waals surface area contributed by atoms with Crippen molar-refractivity contribution in [2.45, 2.75) is 13.0 Å². The van der Waals surface area contributed by atoms with Crippen molar-refractivity contribution in [3.05, 3.63) is 49.8 Å². The summed E-state index contributed by atoms with van der Waals surface area (Å²) in [5.74, 6) is -0.258. The molecular formula is C12H10BrClFNS. The van der Waals surface area contributed by atoms with Crippen LogP contribution in [0.15, 0.2) is 34.1 Å². The van der Waals surface area contributed by atoms with Crippen molar-refractivity contribution >= 4 is 44.6 Å².